The third kappa shape index (κ3) is 8.13. The largest absolute Gasteiger partial charge is 0.335 e. The van der Waals surface area contributed by atoms with E-state index in [1.54, 1.807) is 5.38 Å². The molecule has 1 aromatic heterocycles. The molecule has 2 nitrogen and oxygen atoms in total. The van der Waals surface area contributed by atoms with E-state index < -0.39 is 0 Å². The fraction of sp³-hybridized carbons (Fsp3) is 0.600. The highest BCUT2D eigenvalue weighted by atomic mass is 32.1. The average molecular weight is 233 g/mol. The summed E-state index contributed by atoms with van der Waals surface area (Å²) in [5.74, 6) is 0.0300. The van der Waals surface area contributed by atoms with Crippen LogP contribution in [-0.2, 0) is 0 Å². The zero-order valence-electron chi connectivity index (χ0n) is 9.51. The number of hydrogen-bond acceptors (Lipinski definition) is 3. The minimum Gasteiger partial charge on any atom is -0.335 e. The van der Waals surface area contributed by atoms with E-state index in [4.69, 9.17) is 12.2 Å². The normalized spacial score (nSPS) is 7.79. The van der Waals surface area contributed by atoms with Crippen LogP contribution in [0.15, 0.2) is 5.38 Å². The first-order valence-corrected chi connectivity index (χ1v) is 6.09. The van der Waals surface area contributed by atoms with Gasteiger partial charge in [-0.25, -0.2) is 0 Å². The van der Waals surface area contributed by atoms with E-state index in [-0.39, 0.29) is 5.78 Å². The second-order valence-electron chi connectivity index (χ2n) is 2.33. The summed E-state index contributed by atoms with van der Waals surface area (Å²) in [6.45, 7) is 9.76. The van der Waals surface area contributed by atoms with Gasteiger partial charge in [0.2, 0.25) is 0 Å². The number of Topliss-reactive ketones (excluding diaryl/α,β-unsaturated/α-hetero) is 1. The van der Waals surface area contributed by atoms with Crippen molar-refractivity contribution in [2.24, 2.45) is 0 Å². The van der Waals surface area contributed by atoms with Crippen molar-refractivity contribution in [2.45, 2.75) is 41.0 Å². The number of H-pyrrole nitrogens is 1. The molecule has 1 N–H and O–H groups in total. The number of ketones is 1. The predicted molar refractivity (Wildman–Crippen MR) is 66.8 cm³/mol. The summed E-state index contributed by atoms with van der Waals surface area (Å²) in [7, 11) is 0. The molecule has 0 bridgehead atoms. The quantitative estimate of drug-likeness (QED) is 0.574. The van der Waals surface area contributed by atoms with Crippen LogP contribution < -0.4 is 0 Å². The fourth-order valence-corrected chi connectivity index (χ4v) is 1.33. The Morgan fingerprint density at radius 1 is 1.50 bits per heavy atom. The zero-order valence-corrected chi connectivity index (χ0v) is 11.1. The average Bonchev–Trinajstić information content (AvgIpc) is 2.57. The summed E-state index contributed by atoms with van der Waals surface area (Å²) in [6, 6.07) is 0. The van der Waals surface area contributed by atoms with Crippen LogP contribution in [0.4, 0.5) is 0 Å². The highest BCUT2D eigenvalue weighted by Gasteiger charge is 1.97. The van der Waals surface area contributed by atoms with Gasteiger partial charge >= 0.3 is 0 Å². The number of aromatic nitrogens is 1. The molecule has 0 aromatic carbocycles. The Morgan fingerprint density at radius 3 is 2.07 bits per heavy atom. The fourth-order valence-electron chi connectivity index (χ4n) is 0.452. The first-order chi connectivity index (χ1) is 6.61. The second-order valence-corrected chi connectivity index (χ2v) is 3.87. The third-order valence-corrected chi connectivity index (χ3v) is 1.96. The van der Waals surface area contributed by atoms with Crippen molar-refractivity contribution in [3.63, 3.8) is 0 Å². The maximum Gasteiger partial charge on any atom is 0.176 e. The maximum atomic E-state index is 10.6. The van der Waals surface area contributed by atoms with Gasteiger partial charge < -0.3 is 4.98 Å². The Bertz CT molecular complexity index is 288. The Balaban J connectivity index is 0. The van der Waals surface area contributed by atoms with Gasteiger partial charge in [-0.3, -0.25) is 4.79 Å². The second kappa shape index (κ2) is 10.6. The molecule has 0 unspecified atom stereocenters. The van der Waals surface area contributed by atoms with Crippen LogP contribution >= 0.6 is 23.6 Å². The van der Waals surface area contributed by atoms with Crippen LogP contribution in [-0.4, -0.2) is 10.8 Å². The van der Waals surface area contributed by atoms with Crippen LogP contribution in [0.2, 0.25) is 0 Å². The summed E-state index contributed by atoms with van der Waals surface area (Å²) in [5.41, 5.74) is 0.602. The lowest BCUT2D eigenvalue weighted by Crippen LogP contribution is -1.89. The number of rotatable bonds is 1. The number of carbonyl (C=O) groups is 1. The first kappa shape index (κ1) is 16.0. The molecule has 0 aliphatic rings. The van der Waals surface area contributed by atoms with Gasteiger partial charge in [0, 0.05) is 12.3 Å². The topological polar surface area (TPSA) is 32.9 Å². The van der Waals surface area contributed by atoms with E-state index in [2.05, 4.69) is 18.8 Å². The summed E-state index contributed by atoms with van der Waals surface area (Å²) >= 11 is 6.13. The number of thiazole rings is 1. The Kier molecular flexibility index (Phi) is 12.1. The summed E-state index contributed by atoms with van der Waals surface area (Å²) < 4.78 is 0.653. The molecule has 0 radical (unpaired) electrons. The molecule has 4 heteroatoms. The van der Waals surface area contributed by atoms with Gasteiger partial charge in [-0.05, 0) is 12.2 Å². The minimum atomic E-state index is 0.0300. The lowest BCUT2D eigenvalue weighted by atomic mass is 10.4. The van der Waals surface area contributed by atoms with E-state index in [0.717, 1.165) is 0 Å². The first-order valence-electron chi connectivity index (χ1n) is 4.80. The molecule has 0 spiro atoms. The van der Waals surface area contributed by atoms with Crippen molar-refractivity contribution in [3.8, 4) is 0 Å². The van der Waals surface area contributed by atoms with Crippen LogP contribution in [0.3, 0.4) is 0 Å². The molecule has 0 atom stereocenters. The summed E-state index contributed by atoms with van der Waals surface area (Å²) in [6.07, 6.45) is 1.25. The summed E-state index contributed by atoms with van der Waals surface area (Å²) in [5, 5.41) is 1.73. The predicted octanol–water partition coefficient (Wildman–Crippen LogP) is 4.45. The minimum absolute atomic E-state index is 0.0300. The Hall–Kier alpha value is -0.480. The SMILES string of the molecule is CC.CC(=O)c1csc(=S)[nH]1.CCC. The number of aromatic amines is 1. The Morgan fingerprint density at radius 2 is 1.93 bits per heavy atom. The van der Waals surface area contributed by atoms with Crippen molar-refractivity contribution >= 4 is 29.3 Å². The van der Waals surface area contributed by atoms with Gasteiger partial charge in [-0.2, -0.15) is 0 Å². The molecule has 0 amide bonds. The monoisotopic (exact) mass is 233 g/mol. The van der Waals surface area contributed by atoms with Gasteiger partial charge in [0.15, 0.2) is 9.74 Å². The summed E-state index contributed by atoms with van der Waals surface area (Å²) in [4.78, 5) is 13.3. The number of hydrogen-bond donors (Lipinski definition) is 1. The van der Waals surface area contributed by atoms with Gasteiger partial charge in [0.05, 0.1) is 5.69 Å². The van der Waals surface area contributed by atoms with E-state index in [1.807, 2.05) is 13.8 Å². The van der Waals surface area contributed by atoms with Crippen molar-refractivity contribution in [1.29, 1.82) is 0 Å². The zero-order chi connectivity index (χ0) is 11.6. The van der Waals surface area contributed by atoms with E-state index >= 15 is 0 Å². The molecule has 0 aliphatic carbocycles. The molecule has 0 fully saturated rings. The third-order valence-electron chi connectivity index (χ3n) is 0.900. The molecule has 82 valence electrons. The standard InChI is InChI=1S/C5H5NOS2.C3H8.C2H6/c1-3(7)4-2-9-5(8)6-4;1-3-2;1-2/h2H,1H3,(H,6,8);3H2,1-2H3;1-2H3. The molecular formula is C10H19NOS2. The maximum absolute atomic E-state index is 10.6. The molecule has 1 heterocycles. The van der Waals surface area contributed by atoms with E-state index in [9.17, 15) is 4.79 Å². The van der Waals surface area contributed by atoms with Crippen molar-refractivity contribution in [3.05, 3.63) is 15.0 Å². The number of carbonyl (C=O) groups excluding carboxylic acids is 1. The molecule has 0 saturated carbocycles. The molecule has 0 aliphatic heterocycles. The Labute approximate surface area is 95.4 Å². The van der Waals surface area contributed by atoms with Gasteiger partial charge in [0.25, 0.3) is 0 Å². The highest BCUT2D eigenvalue weighted by Crippen LogP contribution is 2.03. The molecule has 1 rings (SSSR count). The van der Waals surface area contributed by atoms with Gasteiger partial charge in [0.1, 0.15) is 0 Å². The smallest absolute Gasteiger partial charge is 0.176 e. The van der Waals surface area contributed by atoms with E-state index in [0.29, 0.717) is 9.65 Å². The highest BCUT2D eigenvalue weighted by molar-refractivity contribution is 7.73. The van der Waals surface area contributed by atoms with Gasteiger partial charge in [-0.15, -0.1) is 11.3 Å². The van der Waals surface area contributed by atoms with Crippen LogP contribution in [0, 0.1) is 3.95 Å². The molecule has 0 saturated heterocycles. The van der Waals surface area contributed by atoms with Crippen molar-refractivity contribution < 1.29 is 4.79 Å². The molecule has 14 heavy (non-hydrogen) atoms. The molecular weight excluding hydrogens is 214 g/mol. The lowest BCUT2D eigenvalue weighted by molar-refractivity contribution is 0.101. The number of nitrogens with one attached hydrogen (secondary N) is 1. The lowest BCUT2D eigenvalue weighted by Gasteiger charge is -1.81. The molecule has 1 aromatic rings. The van der Waals surface area contributed by atoms with Crippen molar-refractivity contribution in [2.75, 3.05) is 0 Å². The van der Waals surface area contributed by atoms with E-state index in [1.165, 1.54) is 24.7 Å². The van der Waals surface area contributed by atoms with Crippen LogP contribution in [0.1, 0.15) is 51.5 Å². The van der Waals surface area contributed by atoms with Crippen LogP contribution in [0.5, 0.6) is 0 Å². The van der Waals surface area contributed by atoms with Gasteiger partial charge in [-0.1, -0.05) is 34.1 Å². The van der Waals surface area contributed by atoms with Crippen molar-refractivity contribution in [1.82, 2.24) is 4.98 Å². The van der Waals surface area contributed by atoms with Crippen LogP contribution in [0.25, 0.3) is 0 Å².